The van der Waals surface area contributed by atoms with E-state index in [0.717, 1.165) is 31.8 Å². The van der Waals surface area contributed by atoms with Gasteiger partial charge in [-0.15, -0.1) is 6.58 Å². The first-order valence-electron chi connectivity index (χ1n) is 6.73. The Labute approximate surface area is 127 Å². The second kappa shape index (κ2) is 6.78. The van der Waals surface area contributed by atoms with Gasteiger partial charge in [-0.25, -0.2) is 8.78 Å². The van der Waals surface area contributed by atoms with Crippen LogP contribution < -0.4 is 5.32 Å². The van der Waals surface area contributed by atoms with Crippen molar-refractivity contribution in [2.24, 2.45) is 0 Å². The third-order valence-corrected chi connectivity index (χ3v) is 4.16. The molecule has 110 valence electrons. The molecule has 0 unspecified atom stereocenters. The van der Waals surface area contributed by atoms with Crippen LogP contribution in [0.1, 0.15) is 24.9 Å². The minimum Gasteiger partial charge on any atom is -0.314 e. The molecule has 1 saturated heterocycles. The zero-order valence-corrected chi connectivity index (χ0v) is 13.1. The minimum atomic E-state index is -0.505. The molecule has 0 bridgehead atoms. The van der Waals surface area contributed by atoms with Crippen molar-refractivity contribution in [1.82, 2.24) is 10.2 Å². The maximum atomic E-state index is 14.4. The fraction of sp³-hybridized carbons (Fsp3) is 0.467. The first-order chi connectivity index (χ1) is 9.50. The van der Waals surface area contributed by atoms with Gasteiger partial charge in [-0.3, -0.25) is 4.90 Å². The molecule has 1 aliphatic heterocycles. The van der Waals surface area contributed by atoms with E-state index < -0.39 is 11.6 Å². The highest BCUT2D eigenvalue weighted by Gasteiger charge is 2.28. The van der Waals surface area contributed by atoms with E-state index in [-0.39, 0.29) is 11.6 Å². The van der Waals surface area contributed by atoms with Gasteiger partial charge in [0.2, 0.25) is 0 Å². The Balaban J connectivity index is 2.40. The molecular weight excluding hydrogens is 326 g/mol. The fourth-order valence-electron chi connectivity index (χ4n) is 2.59. The van der Waals surface area contributed by atoms with Crippen molar-refractivity contribution in [1.29, 1.82) is 0 Å². The average Bonchev–Trinajstić information content (AvgIpc) is 2.43. The third-order valence-electron chi connectivity index (χ3n) is 3.55. The molecule has 2 rings (SSSR count). The predicted molar refractivity (Wildman–Crippen MR) is 80.7 cm³/mol. The Morgan fingerprint density at radius 2 is 2.05 bits per heavy atom. The van der Waals surface area contributed by atoms with E-state index in [9.17, 15) is 8.78 Å². The van der Waals surface area contributed by atoms with Crippen molar-refractivity contribution < 1.29 is 8.78 Å². The summed E-state index contributed by atoms with van der Waals surface area (Å²) < 4.78 is 28.8. The van der Waals surface area contributed by atoms with Crippen molar-refractivity contribution >= 4 is 15.9 Å². The maximum Gasteiger partial charge on any atom is 0.145 e. The summed E-state index contributed by atoms with van der Waals surface area (Å²) in [5, 5.41) is 3.25. The summed E-state index contributed by atoms with van der Waals surface area (Å²) in [5.41, 5.74) is 1.07. The average molecular weight is 345 g/mol. The molecular formula is C15H19BrF2N2. The number of rotatable bonds is 4. The van der Waals surface area contributed by atoms with E-state index >= 15 is 0 Å². The van der Waals surface area contributed by atoms with Crippen molar-refractivity contribution in [2.75, 3.05) is 26.2 Å². The maximum absolute atomic E-state index is 14.4. The molecule has 0 saturated carbocycles. The topological polar surface area (TPSA) is 15.3 Å². The van der Waals surface area contributed by atoms with Crippen molar-refractivity contribution in [3.8, 4) is 0 Å². The van der Waals surface area contributed by atoms with Crippen molar-refractivity contribution in [2.45, 2.75) is 19.4 Å². The SMILES string of the molecule is C=C(C)C[C@@H](c1c(F)ccc(Br)c1F)N1CCNCC1. The number of hydrogen-bond acceptors (Lipinski definition) is 2. The summed E-state index contributed by atoms with van der Waals surface area (Å²) in [5.74, 6) is -0.995. The summed E-state index contributed by atoms with van der Waals surface area (Å²) in [6.45, 7) is 9.03. The third kappa shape index (κ3) is 3.45. The molecule has 5 heteroatoms. The molecule has 0 amide bonds. The molecule has 0 aliphatic carbocycles. The highest BCUT2D eigenvalue weighted by molar-refractivity contribution is 9.10. The Morgan fingerprint density at radius 3 is 2.65 bits per heavy atom. The Kier molecular flexibility index (Phi) is 5.29. The number of nitrogens with zero attached hydrogens (tertiary/aromatic N) is 1. The second-order valence-electron chi connectivity index (χ2n) is 5.22. The number of hydrogen-bond donors (Lipinski definition) is 1. The van der Waals surface area contributed by atoms with Crippen LogP contribution in [0, 0.1) is 11.6 Å². The van der Waals surface area contributed by atoms with Crippen LogP contribution in [0.4, 0.5) is 8.78 Å². The number of piperazine rings is 1. The van der Waals surface area contributed by atoms with E-state index in [1.165, 1.54) is 12.1 Å². The highest BCUT2D eigenvalue weighted by atomic mass is 79.9. The van der Waals surface area contributed by atoms with E-state index in [4.69, 9.17) is 0 Å². The van der Waals surface area contributed by atoms with Crippen molar-refractivity contribution in [3.63, 3.8) is 0 Å². The summed E-state index contributed by atoms with van der Waals surface area (Å²) in [6, 6.07) is 2.42. The van der Waals surface area contributed by atoms with Gasteiger partial charge in [0.1, 0.15) is 11.6 Å². The van der Waals surface area contributed by atoms with Gasteiger partial charge in [0.05, 0.1) is 4.47 Å². The van der Waals surface area contributed by atoms with E-state index in [1.54, 1.807) is 0 Å². The molecule has 1 aliphatic rings. The van der Waals surface area contributed by atoms with Gasteiger partial charge < -0.3 is 5.32 Å². The van der Waals surface area contributed by atoms with Crippen LogP contribution in [-0.2, 0) is 0 Å². The quantitative estimate of drug-likeness (QED) is 0.662. The van der Waals surface area contributed by atoms with Crippen LogP contribution in [0.5, 0.6) is 0 Å². The molecule has 20 heavy (non-hydrogen) atoms. The normalized spacial score (nSPS) is 18.0. The first kappa shape index (κ1) is 15.6. The van der Waals surface area contributed by atoms with Gasteiger partial charge in [0.15, 0.2) is 0 Å². The first-order valence-corrected chi connectivity index (χ1v) is 7.52. The summed E-state index contributed by atoms with van der Waals surface area (Å²) in [7, 11) is 0. The Hall–Kier alpha value is -0.780. The molecule has 1 atom stereocenters. The van der Waals surface area contributed by atoms with Gasteiger partial charge in [-0.1, -0.05) is 5.57 Å². The van der Waals surface area contributed by atoms with Crippen LogP contribution in [0.25, 0.3) is 0 Å². The van der Waals surface area contributed by atoms with Gasteiger partial charge in [-0.2, -0.15) is 0 Å². The zero-order chi connectivity index (χ0) is 14.7. The van der Waals surface area contributed by atoms with Gasteiger partial charge in [0.25, 0.3) is 0 Å². The molecule has 0 aromatic heterocycles. The van der Waals surface area contributed by atoms with Crippen LogP contribution in [0.2, 0.25) is 0 Å². The largest absolute Gasteiger partial charge is 0.314 e. The summed E-state index contributed by atoms with van der Waals surface area (Å²) in [4.78, 5) is 2.12. The van der Waals surface area contributed by atoms with Gasteiger partial charge in [-0.05, 0) is 41.4 Å². The summed E-state index contributed by atoms with van der Waals surface area (Å²) in [6.07, 6.45) is 0.560. The second-order valence-corrected chi connectivity index (χ2v) is 6.07. The molecule has 2 nitrogen and oxygen atoms in total. The zero-order valence-electron chi connectivity index (χ0n) is 11.6. The molecule has 1 N–H and O–H groups in total. The summed E-state index contributed by atoms with van der Waals surface area (Å²) >= 11 is 3.14. The standard InChI is InChI=1S/C15H19BrF2N2/c1-10(2)9-13(20-7-5-19-6-8-20)14-12(17)4-3-11(16)15(14)18/h3-4,13,19H,1,5-9H2,2H3/t13-/m0/s1. The molecule has 1 aromatic rings. The molecule has 0 spiro atoms. The Morgan fingerprint density at radius 1 is 1.40 bits per heavy atom. The van der Waals surface area contributed by atoms with E-state index in [0.29, 0.717) is 10.9 Å². The predicted octanol–water partition coefficient (Wildman–Crippen LogP) is 3.64. The fourth-order valence-corrected chi connectivity index (χ4v) is 2.93. The van der Waals surface area contributed by atoms with Gasteiger partial charge >= 0.3 is 0 Å². The smallest absolute Gasteiger partial charge is 0.145 e. The van der Waals surface area contributed by atoms with Gasteiger partial charge in [0, 0.05) is 37.8 Å². The van der Waals surface area contributed by atoms with Crippen LogP contribution in [0.3, 0.4) is 0 Å². The van der Waals surface area contributed by atoms with Crippen molar-refractivity contribution in [3.05, 3.63) is 46.0 Å². The molecule has 1 fully saturated rings. The minimum absolute atomic E-state index is 0.143. The van der Waals surface area contributed by atoms with Crippen LogP contribution >= 0.6 is 15.9 Å². The van der Waals surface area contributed by atoms with E-state index in [2.05, 4.69) is 32.7 Å². The number of benzene rings is 1. The molecule has 0 radical (unpaired) electrons. The van der Waals surface area contributed by atoms with Crippen LogP contribution in [-0.4, -0.2) is 31.1 Å². The lowest BCUT2D eigenvalue weighted by molar-refractivity contribution is 0.165. The lowest BCUT2D eigenvalue weighted by Crippen LogP contribution is -2.45. The Bertz CT molecular complexity index is 499. The highest BCUT2D eigenvalue weighted by Crippen LogP contribution is 2.34. The molecule has 1 heterocycles. The lowest BCUT2D eigenvalue weighted by Gasteiger charge is -2.35. The van der Waals surface area contributed by atoms with Crippen LogP contribution in [0.15, 0.2) is 28.8 Å². The molecule has 1 aromatic carbocycles. The number of nitrogens with one attached hydrogen (secondary N) is 1. The monoisotopic (exact) mass is 344 g/mol. The number of halogens is 3. The van der Waals surface area contributed by atoms with E-state index in [1.807, 2.05) is 6.92 Å². The lowest BCUT2D eigenvalue weighted by atomic mass is 9.97.